The normalized spacial score (nSPS) is 11.5. The Morgan fingerprint density at radius 1 is 1.59 bits per heavy atom. The van der Waals surface area contributed by atoms with Gasteiger partial charge in [0.05, 0.1) is 5.60 Å². The fourth-order valence-corrected chi connectivity index (χ4v) is 2.00. The van der Waals surface area contributed by atoms with Crippen LogP contribution in [-0.4, -0.2) is 28.1 Å². The molecule has 1 aromatic heterocycles. The standard InChI is InChI=1S/C11H19N3O2S/c1-3-11(16,4-2)7-13-10(15)8-6-17-9(5-12)14-8/h6,16H,3-5,7,12H2,1-2H3,(H,13,15). The van der Waals surface area contributed by atoms with E-state index < -0.39 is 5.60 Å². The molecule has 96 valence electrons. The van der Waals surface area contributed by atoms with E-state index in [1.807, 2.05) is 13.8 Å². The summed E-state index contributed by atoms with van der Waals surface area (Å²) in [7, 11) is 0. The molecule has 1 heterocycles. The molecule has 1 rings (SSSR count). The summed E-state index contributed by atoms with van der Waals surface area (Å²) in [5, 5.41) is 15.1. The second-order valence-electron chi connectivity index (χ2n) is 3.94. The number of amides is 1. The zero-order chi connectivity index (χ0) is 12.9. The molecule has 0 bridgehead atoms. The Bertz CT molecular complexity index is 375. The van der Waals surface area contributed by atoms with Crippen LogP contribution in [0.4, 0.5) is 0 Å². The first-order chi connectivity index (χ1) is 8.04. The smallest absolute Gasteiger partial charge is 0.270 e. The molecule has 0 aromatic carbocycles. The summed E-state index contributed by atoms with van der Waals surface area (Å²) >= 11 is 1.36. The lowest BCUT2D eigenvalue weighted by molar-refractivity contribution is 0.0313. The molecule has 1 amide bonds. The third-order valence-corrected chi connectivity index (χ3v) is 3.72. The summed E-state index contributed by atoms with van der Waals surface area (Å²) in [5.74, 6) is -0.263. The highest BCUT2D eigenvalue weighted by atomic mass is 32.1. The number of rotatable bonds is 6. The van der Waals surface area contributed by atoms with Gasteiger partial charge in [-0.1, -0.05) is 13.8 Å². The fraction of sp³-hybridized carbons (Fsp3) is 0.636. The van der Waals surface area contributed by atoms with Crippen molar-refractivity contribution in [3.8, 4) is 0 Å². The van der Waals surface area contributed by atoms with Gasteiger partial charge < -0.3 is 16.2 Å². The van der Waals surface area contributed by atoms with Crippen molar-refractivity contribution in [2.24, 2.45) is 5.73 Å². The number of aliphatic hydroxyl groups is 1. The second kappa shape index (κ2) is 6.09. The van der Waals surface area contributed by atoms with E-state index in [0.29, 0.717) is 25.1 Å². The number of hydrogen-bond donors (Lipinski definition) is 3. The Morgan fingerprint density at radius 2 is 2.24 bits per heavy atom. The van der Waals surface area contributed by atoms with E-state index in [-0.39, 0.29) is 12.5 Å². The molecule has 0 saturated heterocycles. The van der Waals surface area contributed by atoms with Crippen molar-refractivity contribution in [2.45, 2.75) is 38.8 Å². The summed E-state index contributed by atoms with van der Waals surface area (Å²) in [4.78, 5) is 15.8. The number of nitrogens with zero attached hydrogens (tertiary/aromatic N) is 1. The lowest BCUT2D eigenvalue weighted by Crippen LogP contribution is -2.42. The van der Waals surface area contributed by atoms with Crippen molar-refractivity contribution in [3.63, 3.8) is 0 Å². The van der Waals surface area contributed by atoms with E-state index in [9.17, 15) is 9.90 Å². The molecule has 0 aliphatic heterocycles. The molecule has 5 nitrogen and oxygen atoms in total. The maximum atomic E-state index is 11.7. The summed E-state index contributed by atoms with van der Waals surface area (Å²) in [5.41, 5.74) is 4.96. The quantitative estimate of drug-likeness (QED) is 0.706. The topological polar surface area (TPSA) is 88.2 Å². The van der Waals surface area contributed by atoms with Gasteiger partial charge in [0.15, 0.2) is 0 Å². The number of nitrogens with one attached hydrogen (secondary N) is 1. The minimum absolute atomic E-state index is 0.244. The van der Waals surface area contributed by atoms with Gasteiger partial charge in [0.1, 0.15) is 10.7 Å². The highest BCUT2D eigenvalue weighted by Gasteiger charge is 2.23. The van der Waals surface area contributed by atoms with Crippen LogP contribution in [0, 0.1) is 0 Å². The zero-order valence-corrected chi connectivity index (χ0v) is 11.0. The Morgan fingerprint density at radius 3 is 2.71 bits per heavy atom. The Labute approximate surface area is 105 Å². The lowest BCUT2D eigenvalue weighted by Gasteiger charge is -2.25. The van der Waals surface area contributed by atoms with Crippen molar-refractivity contribution in [3.05, 3.63) is 16.1 Å². The third kappa shape index (κ3) is 3.76. The monoisotopic (exact) mass is 257 g/mol. The van der Waals surface area contributed by atoms with Gasteiger partial charge in [-0.25, -0.2) is 4.98 Å². The van der Waals surface area contributed by atoms with E-state index >= 15 is 0 Å². The predicted molar refractivity (Wildman–Crippen MR) is 67.9 cm³/mol. The molecule has 1 aromatic rings. The summed E-state index contributed by atoms with van der Waals surface area (Å²) in [6.45, 7) is 4.37. The van der Waals surface area contributed by atoms with Gasteiger partial charge >= 0.3 is 0 Å². The highest BCUT2D eigenvalue weighted by Crippen LogP contribution is 2.14. The molecule has 0 aliphatic carbocycles. The Balaban J connectivity index is 2.55. The van der Waals surface area contributed by atoms with Gasteiger partial charge in [-0.3, -0.25) is 4.79 Å². The summed E-state index contributed by atoms with van der Waals surface area (Å²) < 4.78 is 0. The molecule has 6 heteroatoms. The van der Waals surface area contributed by atoms with E-state index in [2.05, 4.69) is 10.3 Å². The van der Waals surface area contributed by atoms with Crippen LogP contribution in [0.5, 0.6) is 0 Å². The van der Waals surface area contributed by atoms with E-state index in [0.717, 1.165) is 5.01 Å². The van der Waals surface area contributed by atoms with Crippen LogP contribution < -0.4 is 11.1 Å². The molecule has 0 saturated carbocycles. The van der Waals surface area contributed by atoms with Crippen molar-refractivity contribution < 1.29 is 9.90 Å². The van der Waals surface area contributed by atoms with E-state index in [1.165, 1.54) is 11.3 Å². The van der Waals surface area contributed by atoms with Crippen LogP contribution >= 0.6 is 11.3 Å². The number of carbonyl (C=O) groups is 1. The molecule has 0 unspecified atom stereocenters. The highest BCUT2D eigenvalue weighted by molar-refractivity contribution is 7.09. The predicted octanol–water partition coefficient (Wildman–Crippen LogP) is 0.883. The summed E-state index contributed by atoms with van der Waals surface area (Å²) in [6, 6.07) is 0. The van der Waals surface area contributed by atoms with Crippen LogP contribution in [0.2, 0.25) is 0 Å². The van der Waals surface area contributed by atoms with Gasteiger partial charge in [-0.15, -0.1) is 11.3 Å². The minimum atomic E-state index is -0.831. The molecular formula is C11H19N3O2S. The van der Waals surface area contributed by atoms with Crippen LogP contribution in [-0.2, 0) is 6.54 Å². The van der Waals surface area contributed by atoms with Crippen molar-refractivity contribution >= 4 is 17.2 Å². The Kier molecular flexibility index (Phi) is 5.04. The summed E-state index contributed by atoms with van der Waals surface area (Å²) in [6.07, 6.45) is 1.21. The molecule has 0 spiro atoms. The number of thiazole rings is 1. The first-order valence-corrected chi connectivity index (χ1v) is 6.57. The van der Waals surface area contributed by atoms with Crippen molar-refractivity contribution in [1.82, 2.24) is 10.3 Å². The van der Waals surface area contributed by atoms with Crippen LogP contribution in [0.25, 0.3) is 0 Å². The van der Waals surface area contributed by atoms with E-state index in [1.54, 1.807) is 5.38 Å². The number of carbonyl (C=O) groups excluding carboxylic acids is 1. The van der Waals surface area contributed by atoms with Crippen LogP contribution in [0.1, 0.15) is 42.2 Å². The molecule has 0 aliphatic rings. The second-order valence-corrected chi connectivity index (χ2v) is 4.89. The molecular weight excluding hydrogens is 238 g/mol. The molecule has 17 heavy (non-hydrogen) atoms. The number of nitrogens with two attached hydrogens (primary N) is 1. The number of hydrogen-bond acceptors (Lipinski definition) is 5. The van der Waals surface area contributed by atoms with Gasteiger partial charge in [0.25, 0.3) is 5.91 Å². The molecule has 0 fully saturated rings. The molecule has 0 radical (unpaired) electrons. The van der Waals surface area contributed by atoms with Crippen LogP contribution in [0.15, 0.2) is 5.38 Å². The average molecular weight is 257 g/mol. The fourth-order valence-electron chi connectivity index (χ4n) is 1.34. The SMILES string of the molecule is CCC(O)(CC)CNC(=O)c1csc(CN)n1. The molecule has 0 atom stereocenters. The first kappa shape index (κ1) is 14.1. The van der Waals surface area contributed by atoms with Gasteiger partial charge in [-0.05, 0) is 12.8 Å². The third-order valence-electron chi connectivity index (χ3n) is 2.85. The van der Waals surface area contributed by atoms with Gasteiger partial charge in [0.2, 0.25) is 0 Å². The maximum Gasteiger partial charge on any atom is 0.270 e. The van der Waals surface area contributed by atoms with Crippen molar-refractivity contribution in [2.75, 3.05) is 6.54 Å². The number of aromatic nitrogens is 1. The lowest BCUT2D eigenvalue weighted by atomic mass is 9.97. The molecule has 4 N–H and O–H groups in total. The first-order valence-electron chi connectivity index (χ1n) is 5.69. The minimum Gasteiger partial charge on any atom is -0.388 e. The van der Waals surface area contributed by atoms with Gasteiger partial charge in [0, 0.05) is 18.5 Å². The van der Waals surface area contributed by atoms with E-state index in [4.69, 9.17) is 5.73 Å². The van der Waals surface area contributed by atoms with Crippen LogP contribution in [0.3, 0.4) is 0 Å². The van der Waals surface area contributed by atoms with Crippen molar-refractivity contribution in [1.29, 1.82) is 0 Å². The largest absolute Gasteiger partial charge is 0.388 e. The van der Waals surface area contributed by atoms with Gasteiger partial charge in [-0.2, -0.15) is 0 Å². The zero-order valence-electron chi connectivity index (χ0n) is 10.2. The average Bonchev–Trinajstić information content (AvgIpc) is 2.84. The Hall–Kier alpha value is -0.980. The maximum absolute atomic E-state index is 11.7.